The average Bonchev–Trinajstić information content (AvgIpc) is 3.16. The van der Waals surface area contributed by atoms with E-state index in [0.717, 1.165) is 24.5 Å². The molecule has 0 amide bonds. The van der Waals surface area contributed by atoms with Crippen molar-refractivity contribution in [3.8, 4) is 5.69 Å². The second kappa shape index (κ2) is 4.85. The summed E-state index contributed by atoms with van der Waals surface area (Å²) in [4.78, 5) is 1.45. The summed E-state index contributed by atoms with van der Waals surface area (Å²) in [5.74, 6) is 0.954. The van der Waals surface area contributed by atoms with E-state index in [1.807, 2.05) is 29.5 Å². The van der Waals surface area contributed by atoms with Crippen molar-refractivity contribution in [2.24, 2.45) is 0 Å². The Kier molecular flexibility index (Phi) is 2.86. The molecule has 0 aliphatic carbocycles. The van der Waals surface area contributed by atoms with Crippen LogP contribution >= 0.6 is 11.3 Å². The highest BCUT2D eigenvalue weighted by atomic mass is 32.1. The molecule has 0 spiro atoms. The normalized spacial score (nSPS) is 17.9. The number of aromatic nitrogens is 3. The van der Waals surface area contributed by atoms with Gasteiger partial charge >= 0.3 is 0 Å². The lowest BCUT2D eigenvalue weighted by atomic mass is 10.0. The Balaban J connectivity index is 1.81. The summed E-state index contributed by atoms with van der Waals surface area (Å²) in [6.45, 7) is 0.986. The highest BCUT2D eigenvalue weighted by molar-refractivity contribution is 7.10. The first kappa shape index (κ1) is 11.8. The minimum absolute atomic E-state index is 0.132. The van der Waals surface area contributed by atoms with Gasteiger partial charge in [-0.25, -0.2) is 0 Å². The Bertz CT molecular complexity index is 716. The molecule has 5 heteroatoms. The van der Waals surface area contributed by atoms with Crippen LogP contribution in [0.15, 0.2) is 48.1 Å². The van der Waals surface area contributed by atoms with Crippen molar-refractivity contribution >= 4 is 11.3 Å². The van der Waals surface area contributed by atoms with Crippen molar-refractivity contribution in [1.29, 1.82) is 0 Å². The number of hydrogen-bond donors (Lipinski definition) is 1. The maximum absolute atomic E-state index is 4.35. The van der Waals surface area contributed by atoms with Gasteiger partial charge < -0.3 is 5.32 Å². The molecule has 2 aromatic heterocycles. The molecule has 100 valence electrons. The lowest BCUT2D eigenvalue weighted by molar-refractivity contribution is 0.542. The molecule has 4 rings (SSSR count). The van der Waals surface area contributed by atoms with Gasteiger partial charge in [-0.05, 0) is 35.6 Å². The van der Waals surface area contributed by atoms with Crippen LogP contribution in [-0.4, -0.2) is 21.3 Å². The molecule has 0 fully saturated rings. The van der Waals surface area contributed by atoms with Gasteiger partial charge in [-0.3, -0.25) is 4.57 Å². The molecule has 3 aromatic rings. The Morgan fingerprint density at radius 2 is 2.10 bits per heavy atom. The van der Waals surface area contributed by atoms with Crippen molar-refractivity contribution < 1.29 is 0 Å². The van der Waals surface area contributed by atoms with Crippen molar-refractivity contribution in [3.63, 3.8) is 0 Å². The topological polar surface area (TPSA) is 42.7 Å². The van der Waals surface area contributed by atoms with Crippen molar-refractivity contribution in [2.75, 3.05) is 6.54 Å². The number of thiophene rings is 1. The van der Waals surface area contributed by atoms with Gasteiger partial charge in [0.05, 0.1) is 6.04 Å². The lowest BCUT2D eigenvalue weighted by Gasteiger charge is -2.24. The van der Waals surface area contributed by atoms with Crippen LogP contribution in [0.5, 0.6) is 0 Å². The number of para-hydroxylation sites is 1. The van der Waals surface area contributed by atoms with Crippen LogP contribution in [-0.2, 0) is 6.42 Å². The zero-order chi connectivity index (χ0) is 13.4. The van der Waals surface area contributed by atoms with E-state index in [9.17, 15) is 0 Å². The zero-order valence-corrected chi connectivity index (χ0v) is 11.7. The summed E-state index contributed by atoms with van der Waals surface area (Å²) in [5.41, 5.74) is 2.43. The smallest absolute Gasteiger partial charge is 0.159 e. The fourth-order valence-electron chi connectivity index (χ4n) is 2.71. The number of nitrogens with zero attached hydrogens (tertiary/aromatic N) is 3. The Labute approximate surface area is 121 Å². The van der Waals surface area contributed by atoms with E-state index in [-0.39, 0.29) is 6.04 Å². The number of rotatable bonds is 2. The summed E-state index contributed by atoms with van der Waals surface area (Å²) in [7, 11) is 0. The third kappa shape index (κ3) is 1.87. The predicted octanol–water partition coefficient (Wildman–Crippen LogP) is 2.56. The van der Waals surface area contributed by atoms with Gasteiger partial charge in [0.1, 0.15) is 6.33 Å². The molecular weight excluding hydrogens is 268 g/mol. The molecule has 0 bridgehead atoms. The highest BCUT2D eigenvalue weighted by Crippen LogP contribution is 2.31. The van der Waals surface area contributed by atoms with E-state index < -0.39 is 0 Å². The summed E-state index contributed by atoms with van der Waals surface area (Å²) in [6.07, 6.45) is 2.88. The van der Waals surface area contributed by atoms with Gasteiger partial charge in [-0.15, -0.1) is 21.5 Å². The minimum atomic E-state index is 0.132. The molecule has 4 nitrogen and oxygen atoms in total. The van der Waals surface area contributed by atoms with Crippen molar-refractivity contribution in [3.05, 3.63) is 64.4 Å². The first-order valence-corrected chi connectivity index (χ1v) is 7.56. The van der Waals surface area contributed by atoms with Gasteiger partial charge in [-0.1, -0.05) is 18.2 Å². The monoisotopic (exact) mass is 282 g/mol. The third-order valence-corrected chi connectivity index (χ3v) is 4.65. The molecule has 1 aromatic carbocycles. The van der Waals surface area contributed by atoms with Crippen LogP contribution in [0.3, 0.4) is 0 Å². The maximum Gasteiger partial charge on any atom is 0.159 e. The molecule has 1 N–H and O–H groups in total. The van der Waals surface area contributed by atoms with Crippen molar-refractivity contribution in [2.45, 2.75) is 12.5 Å². The van der Waals surface area contributed by atoms with Crippen LogP contribution in [0.4, 0.5) is 0 Å². The average molecular weight is 282 g/mol. The Hall–Kier alpha value is -1.98. The van der Waals surface area contributed by atoms with Crippen LogP contribution in [0, 0.1) is 0 Å². The van der Waals surface area contributed by atoms with Crippen LogP contribution in [0.1, 0.15) is 22.3 Å². The molecule has 1 aliphatic heterocycles. The van der Waals surface area contributed by atoms with Gasteiger partial charge in [0.2, 0.25) is 0 Å². The standard InChI is InChI=1S/C15H14N4S/c1-2-4-11(5-3-1)19-10-17-18-15(19)14-12-7-9-20-13(12)6-8-16-14/h1-5,7,9-10,14,16H,6,8H2. The summed E-state index contributed by atoms with van der Waals surface area (Å²) in [5, 5.41) is 14.2. The van der Waals surface area contributed by atoms with E-state index >= 15 is 0 Å². The number of nitrogens with one attached hydrogen (secondary N) is 1. The molecule has 0 saturated carbocycles. The van der Waals surface area contributed by atoms with E-state index in [4.69, 9.17) is 0 Å². The van der Waals surface area contributed by atoms with Gasteiger partial charge in [0.25, 0.3) is 0 Å². The summed E-state index contributed by atoms with van der Waals surface area (Å²) in [6, 6.07) is 12.6. The molecular formula is C15H14N4S. The number of benzene rings is 1. The summed E-state index contributed by atoms with van der Waals surface area (Å²) < 4.78 is 2.06. The van der Waals surface area contributed by atoms with E-state index in [0.29, 0.717) is 0 Å². The largest absolute Gasteiger partial charge is 0.303 e. The zero-order valence-electron chi connectivity index (χ0n) is 10.9. The number of hydrogen-bond acceptors (Lipinski definition) is 4. The van der Waals surface area contributed by atoms with Crippen molar-refractivity contribution in [1.82, 2.24) is 20.1 Å². The maximum atomic E-state index is 4.35. The first-order chi connectivity index (χ1) is 9.93. The van der Waals surface area contributed by atoms with Crippen LogP contribution in [0.25, 0.3) is 5.69 Å². The van der Waals surface area contributed by atoms with Gasteiger partial charge in [-0.2, -0.15) is 0 Å². The SMILES string of the molecule is c1ccc(-n2cnnc2C2NCCc3sccc32)cc1. The number of fused-ring (bicyclic) bond motifs is 1. The fraction of sp³-hybridized carbons (Fsp3) is 0.200. The Morgan fingerprint density at radius 1 is 1.20 bits per heavy atom. The van der Waals surface area contributed by atoms with Crippen LogP contribution in [0.2, 0.25) is 0 Å². The minimum Gasteiger partial charge on any atom is -0.303 e. The van der Waals surface area contributed by atoms with Crippen LogP contribution < -0.4 is 5.32 Å². The molecule has 3 heterocycles. The molecule has 0 radical (unpaired) electrons. The second-order valence-corrected chi connectivity index (χ2v) is 5.83. The molecule has 1 atom stereocenters. The Morgan fingerprint density at radius 3 is 3.00 bits per heavy atom. The molecule has 20 heavy (non-hydrogen) atoms. The molecule has 0 saturated heterocycles. The third-order valence-electron chi connectivity index (χ3n) is 3.66. The molecule has 1 unspecified atom stereocenters. The predicted molar refractivity (Wildman–Crippen MR) is 79.2 cm³/mol. The van der Waals surface area contributed by atoms with E-state index in [2.05, 4.69) is 43.7 Å². The molecule has 1 aliphatic rings. The van der Waals surface area contributed by atoms with E-state index in [1.165, 1.54) is 10.4 Å². The van der Waals surface area contributed by atoms with E-state index in [1.54, 1.807) is 6.33 Å². The van der Waals surface area contributed by atoms with Gasteiger partial charge in [0, 0.05) is 17.1 Å². The summed E-state index contributed by atoms with van der Waals surface area (Å²) >= 11 is 1.83. The van der Waals surface area contributed by atoms with Gasteiger partial charge in [0.15, 0.2) is 5.82 Å². The second-order valence-electron chi connectivity index (χ2n) is 4.83. The highest BCUT2D eigenvalue weighted by Gasteiger charge is 2.26. The lowest BCUT2D eigenvalue weighted by Crippen LogP contribution is -2.31. The fourth-order valence-corrected chi connectivity index (χ4v) is 3.63. The first-order valence-electron chi connectivity index (χ1n) is 6.68. The quantitative estimate of drug-likeness (QED) is 0.785.